The Balaban J connectivity index is 3.33. The fraction of sp³-hybridized carbons (Fsp3) is 0.500. The average molecular weight is 245 g/mol. The van der Waals surface area contributed by atoms with Crippen LogP contribution in [-0.4, -0.2) is 19.9 Å². The summed E-state index contributed by atoms with van der Waals surface area (Å²) in [5.74, 6) is -0.553. The van der Waals surface area contributed by atoms with Gasteiger partial charge in [-0.1, -0.05) is 34.8 Å². The Morgan fingerprint density at radius 3 is 2.38 bits per heavy atom. The highest BCUT2D eigenvalue weighted by molar-refractivity contribution is 6.66. The molecular weight excluding hydrogens is 242 g/mol. The van der Waals surface area contributed by atoms with Crippen molar-refractivity contribution in [1.29, 1.82) is 0 Å². The molecule has 0 aliphatic heterocycles. The van der Waals surface area contributed by atoms with Gasteiger partial charge in [-0.3, -0.25) is 0 Å². The van der Waals surface area contributed by atoms with E-state index in [1.165, 1.54) is 7.05 Å². The smallest absolute Gasteiger partial charge is 0.358 e. The molecule has 9 heteroatoms. The van der Waals surface area contributed by atoms with Crippen LogP contribution in [-0.2, 0) is 10.8 Å². The van der Waals surface area contributed by atoms with Crippen molar-refractivity contribution >= 4 is 40.6 Å². The molecule has 0 spiro atoms. The van der Waals surface area contributed by atoms with Crippen molar-refractivity contribution in [2.24, 2.45) is 7.05 Å². The Kier molecular flexibility index (Phi) is 2.65. The van der Waals surface area contributed by atoms with Crippen molar-refractivity contribution in [1.82, 2.24) is 15.0 Å². The Bertz CT molecular complexity index is 344. The average Bonchev–Trinajstić information content (AvgIpc) is 2.28. The van der Waals surface area contributed by atoms with E-state index in [9.17, 15) is 10.1 Å². The fourth-order valence-corrected chi connectivity index (χ4v) is 1.40. The third kappa shape index (κ3) is 2.01. The van der Waals surface area contributed by atoms with Gasteiger partial charge in [0.05, 0.1) is 5.21 Å². The minimum Gasteiger partial charge on any atom is -0.358 e. The van der Waals surface area contributed by atoms with Gasteiger partial charge in [0.2, 0.25) is 3.79 Å². The second kappa shape index (κ2) is 3.28. The number of alkyl halides is 3. The number of nitro groups is 1. The highest BCUT2D eigenvalue weighted by Gasteiger charge is 2.38. The zero-order valence-corrected chi connectivity index (χ0v) is 8.51. The predicted octanol–water partition coefficient (Wildman–Crippen LogP) is 1.55. The van der Waals surface area contributed by atoms with Crippen LogP contribution >= 0.6 is 34.8 Å². The summed E-state index contributed by atoms with van der Waals surface area (Å²) in [6.07, 6.45) is 0. The van der Waals surface area contributed by atoms with Crippen LogP contribution in [0.5, 0.6) is 0 Å². The van der Waals surface area contributed by atoms with Crippen molar-refractivity contribution in [2.75, 3.05) is 0 Å². The van der Waals surface area contributed by atoms with E-state index >= 15 is 0 Å². The van der Waals surface area contributed by atoms with Gasteiger partial charge in [0.15, 0.2) is 5.69 Å². The van der Waals surface area contributed by atoms with E-state index in [1.807, 2.05) is 0 Å². The van der Waals surface area contributed by atoms with Crippen LogP contribution in [0.2, 0.25) is 0 Å². The lowest BCUT2D eigenvalue weighted by Crippen LogP contribution is -2.10. The van der Waals surface area contributed by atoms with E-state index in [4.69, 9.17) is 34.8 Å². The number of hydrogen-bond acceptors (Lipinski definition) is 4. The van der Waals surface area contributed by atoms with Crippen LogP contribution in [0.1, 0.15) is 5.69 Å². The maximum atomic E-state index is 10.4. The molecule has 72 valence electrons. The molecule has 0 saturated carbocycles. The van der Waals surface area contributed by atoms with Gasteiger partial charge >= 0.3 is 5.82 Å². The van der Waals surface area contributed by atoms with Gasteiger partial charge in [0.25, 0.3) is 0 Å². The number of halogens is 3. The van der Waals surface area contributed by atoms with Crippen molar-refractivity contribution < 1.29 is 4.92 Å². The third-order valence-corrected chi connectivity index (χ3v) is 1.79. The summed E-state index contributed by atoms with van der Waals surface area (Å²) >= 11 is 16.4. The van der Waals surface area contributed by atoms with Crippen LogP contribution in [0, 0.1) is 10.1 Å². The fourth-order valence-electron chi connectivity index (χ4n) is 0.779. The molecule has 1 rings (SSSR count). The van der Waals surface area contributed by atoms with Gasteiger partial charge in [0.1, 0.15) is 5.10 Å². The van der Waals surface area contributed by atoms with Crippen LogP contribution in [0.3, 0.4) is 0 Å². The molecule has 6 nitrogen and oxygen atoms in total. The molecule has 0 fully saturated rings. The van der Waals surface area contributed by atoms with Crippen molar-refractivity contribution in [3.05, 3.63) is 15.8 Å². The van der Waals surface area contributed by atoms with Crippen LogP contribution in [0.25, 0.3) is 0 Å². The largest absolute Gasteiger partial charge is 0.418 e. The number of aromatic nitrogens is 3. The van der Waals surface area contributed by atoms with E-state index in [0.717, 1.165) is 4.68 Å². The molecule has 0 aliphatic rings. The lowest BCUT2D eigenvalue weighted by atomic mass is 10.5. The summed E-state index contributed by atoms with van der Waals surface area (Å²) in [6.45, 7) is 0. The minimum atomic E-state index is -1.90. The monoisotopic (exact) mass is 244 g/mol. The van der Waals surface area contributed by atoms with E-state index in [-0.39, 0.29) is 5.69 Å². The van der Waals surface area contributed by atoms with Gasteiger partial charge < -0.3 is 10.1 Å². The second-order valence-electron chi connectivity index (χ2n) is 2.14. The van der Waals surface area contributed by atoms with Gasteiger partial charge in [0, 0.05) is 7.05 Å². The highest BCUT2D eigenvalue weighted by atomic mass is 35.6. The molecule has 0 bridgehead atoms. The third-order valence-electron chi connectivity index (χ3n) is 1.25. The maximum Gasteiger partial charge on any atom is 0.418 e. The summed E-state index contributed by atoms with van der Waals surface area (Å²) in [4.78, 5) is 9.64. The van der Waals surface area contributed by atoms with E-state index in [2.05, 4.69) is 10.3 Å². The predicted molar refractivity (Wildman–Crippen MR) is 46.9 cm³/mol. The molecule has 0 N–H and O–H groups in total. The number of nitrogens with zero attached hydrogens (tertiary/aromatic N) is 4. The maximum absolute atomic E-state index is 10.4. The molecule has 1 aromatic heterocycles. The van der Waals surface area contributed by atoms with Crippen molar-refractivity contribution in [2.45, 2.75) is 3.79 Å². The van der Waals surface area contributed by atoms with Gasteiger partial charge in [-0.05, 0) is 4.92 Å². The molecule has 0 saturated heterocycles. The zero-order chi connectivity index (χ0) is 10.2. The topological polar surface area (TPSA) is 73.8 Å². The van der Waals surface area contributed by atoms with E-state index in [1.54, 1.807) is 0 Å². The molecule has 13 heavy (non-hydrogen) atoms. The molecule has 0 atom stereocenters. The van der Waals surface area contributed by atoms with Crippen molar-refractivity contribution in [3.8, 4) is 0 Å². The summed E-state index contributed by atoms with van der Waals surface area (Å²) in [7, 11) is 1.40. The SMILES string of the molecule is Cn1nnc([N+](=O)[O-])c1C(Cl)(Cl)Cl. The lowest BCUT2D eigenvalue weighted by molar-refractivity contribution is -0.390. The first-order chi connectivity index (χ1) is 5.84. The van der Waals surface area contributed by atoms with Crippen LogP contribution < -0.4 is 0 Å². The van der Waals surface area contributed by atoms with Gasteiger partial charge in [-0.15, -0.1) is 0 Å². The molecule has 0 aliphatic carbocycles. The Morgan fingerprint density at radius 2 is 2.08 bits per heavy atom. The number of rotatable bonds is 1. The van der Waals surface area contributed by atoms with Crippen LogP contribution in [0.4, 0.5) is 5.82 Å². The van der Waals surface area contributed by atoms with E-state index in [0.29, 0.717) is 0 Å². The summed E-state index contributed by atoms with van der Waals surface area (Å²) in [5.41, 5.74) is -0.164. The molecule has 1 heterocycles. The molecule has 0 amide bonds. The Hall–Kier alpha value is -0.590. The number of aryl methyl sites for hydroxylation is 1. The lowest BCUT2D eigenvalue weighted by Gasteiger charge is -2.08. The molecular formula is C4H3Cl3N4O2. The normalized spacial score (nSPS) is 11.7. The van der Waals surface area contributed by atoms with Gasteiger partial charge in [-0.25, -0.2) is 4.68 Å². The Morgan fingerprint density at radius 1 is 1.54 bits per heavy atom. The van der Waals surface area contributed by atoms with E-state index < -0.39 is 14.5 Å². The molecule has 0 unspecified atom stereocenters. The minimum absolute atomic E-state index is 0.164. The first-order valence-electron chi connectivity index (χ1n) is 2.95. The summed E-state index contributed by atoms with van der Waals surface area (Å²) in [5, 5.41) is 17.0. The highest BCUT2D eigenvalue weighted by Crippen LogP contribution is 2.41. The zero-order valence-electron chi connectivity index (χ0n) is 6.24. The molecule has 1 aromatic rings. The standard InChI is InChI=1S/C4H3Cl3N4O2/c1-10-2(4(5,6)7)3(8-9-10)11(12)13/h1H3. The molecule has 0 radical (unpaired) electrons. The first kappa shape index (κ1) is 10.5. The quantitative estimate of drug-likeness (QED) is 0.427. The number of hydrogen-bond donors (Lipinski definition) is 0. The first-order valence-corrected chi connectivity index (χ1v) is 4.08. The summed E-state index contributed by atoms with van der Waals surface area (Å²) in [6, 6.07) is 0. The van der Waals surface area contributed by atoms with Gasteiger partial charge in [-0.2, -0.15) is 0 Å². The molecule has 0 aromatic carbocycles. The van der Waals surface area contributed by atoms with Crippen molar-refractivity contribution in [3.63, 3.8) is 0 Å². The Labute approximate surface area is 87.5 Å². The second-order valence-corrected chi connectivity index (χ2v) is 4.42. The van der Waals surface area contributed by atoms with Crippen LogP contribution in [0.15, 0.2) is 0 Å². The summed E-state index contributed by atoms with van der Waals surface area (Å²) < 4.78 is -0.855.